The molecule has 0 fully saturated rings. The van der Waals surface area contributed by atoms with Crippen molar-refractivity contribution >= 4 is 46.2 Å². The van der Waals surface area contributed by atoms with E-state index in [1.54, 1.807) is 41.4 Å². The van der Waals surface area contributed by atoms with Gasteiger partial charge in [0.05, 0.1) is 23.6 Å². The molecule has 146 valence electrons. The van der Waals surface area contributed by atoms with Crippen LogP contribution in [-0.2, 0) is 4.79 Å². The van der Waals surface area contributed by atoms with Gasteiger partial charge in [-0.15, -0.1) is 0 Å². The van der Waals surface area contributed by atoms with Crippen LogP contribution in [0, 0.1) is 5.82 Å². The van der Waals surface area contributed by atoms with Gasteiger partial charge in [-0.2, -0.15) is 5.10 Å². The topological polar surface area (TPSA) is 57.6 Å². The Balaban J connectivity index is 1.63. The second kappa shape index (κ2) is 8.19. The number of rotatable bonds is 4. The molecule has 0 aliphatic carbocycles. The molecule has 2 heterocycles. The number of hydrazone groups is 1. The number of pyridine rings is 1. The Morgan fingerprint density at radius 1 is 1.03 bits per heavy atom. The van der Waals surface area contributed by atoms with Crippen LogP contribution in [0.15, 0.2) is 72.0 Å². The van der Waals surface area contributed by atoms with Crippen LogP contribution < -0.4 is 10.3 Å². The fourth-order valence-electron chi connectivity index (χ4n) is 3.08. The standard InChI is InChI=1S/C21H15Cl2FN4O/c22-14-3-8-17(9-4-14)28-19(13-1-5-15(24)6-2-13)11-18(27-28)21(29)26-16-7-10-20(23)25-12-16/h1-10,12,19H,11H2,(H,26,29). The first kappa shape index (κ1) is 19.4. The normalized spacial score (nSPS) is 15.9. The Morgan fingerprint density at radius 2 is 1.76 bits per heavy atom. The summed E-state index contributed by atoms with van der Waals surface area (Å²) in [7, 11) is 0. The molecule has 0 spiro atoms. The van der Waals surface area contributed by atoms with Gasteiger partial charge >= 0.3 is 0 Å². The Hall–Kier alpha value is -2.96. The summed E-state index contributed by atoms with van der Waals surface area (Å²) >= 11 is 11.8. The number of amides is 1. The Morgan fingerprint density at radius 3 is 2.41 bits per heavy atom. The lowest BCUT2D eigenvalue weighted by Gasteiger charge is -2.24. The summed E-state index contributed by atoms with van der Waals surface area (Å²) in [6, 6.07) is 16.4. The number of nitrogens with zero attached hydrogens (tertiary/aromatic N) is 3. The van der Waals surface area contributed by atoms with Gasteiger partial charge in [-0.25, -0.2) is 9.37 Å². The van der Waals surface area contributed by atoms with Gasteiger partial charge in [0.1, 0.15) is 16.7 Å². The first-order valence-corrected chi connectivity index (χ1v) is 9.56. The van der Waals surface area contributed by atoms with Crippen LogP contribution in [0.5, 0.6) is 0 Å². The minimum atomic E-state index is -0.335. The second-order valence-electron chi connectivity index (χ2n) is 6.46. The van der Waals surface area contributed by atoms with Crippen molar-refractivity contribution in [1.82, 2.24) is 4.98 Å². The Kier molecular flexibility index (Phi) is 5.47. The molecule has 2 aromatic carbocycles. The van der Waals surface area contributed by atoms with E-state index in [0.717, 1.165) is 11.3 Å². The minimum Gasteiger partial charge on any atom is -0.319 e. The van der Waals surface area contributed by atoms with Gasteiger partial charge in [0.25, 0.3) is 5.91 Å². The minimum absolute atomic E-state index is 0.249. The van der Waals surface area contributed by atoms with Crippen molar-refractivity contribution in [1.29, 1.82) is 0 Å². The van der Waals surface area contributed by atoms with Gasteiger partial charge in [-0.05, 0) is 54.1 Å². The molecule has 0 saturated carbocycles. The van der Waals surface area contributed by atoms with Gasteiger partial charge in [-0.1, -0.05) is 35.3 Å². The first-order valence-electron chi connectivity index (χ1n) is 8.80. The highest BCUT2D eigenvalue weighted by Gasteiger charge is 2.32. The van der Waals surface area contributed by atoms with E-state index in [1.807, 2.05) is 12.1 Å². The van der Waals surface area contributed by atoms with Crippen LogP contribution in [0.1, 0.15) is 18.0 Å². The molecule has 1 amide bonds. The maximum Gasteiger partial charge on any atom is 0.272 e. The Bertz CT molecular complexity index is 1050. The van der Waals surface area contributed by atoms with Crippen LogP contribution in [-0.4, -0.2) is 16.6 Å². The fraction of sp³-hybridized carbons (Fsp3) is 0.0952. The largest absolute Gasteiger partial charge is 0.319 e. The summed E-state index contributed by atoms with van der Waals surface area (Å²) in [4.78, 5) is 16.7. The third kappa shape index (κ3) is 4.39. The molecule has 3 aromatic rings. The summed E-state index contributed by atoms with van der Waals surface area (Å²) in [5.74, 6) is -0.656. The first-order chi connectivity index (χ1) is 14.0. The number of carbonyl (C=O) groups is 1. The number of nitrogens with one attached hydrogen (secondary N) is 1. The molecule has 4 rings (SSSR count). The van der Waals surface area contributed by atoms with Crippen LogP contribution in [0.3, 0.4) is 0 Å². The number of carbonyl (C=O) groups excluding carboxylic acids is 1. The van der Waals surface area contributed by atoms with Gasteiger partial charge in [0.15, 0.2) is 0 Å². The monoisotopic (exact) mass is 428 g/mol. The van der Waals surface area contributed by atoms with Crippen LogP contribution in [0.4, 0.5) is 15.8 Å². The number of hydrogen-bond acceptors (Lipinski definition) is 4. The summed E-state index contributed by atoms with van der Waals surface area (Å²) in [6.07, 6.45) is 1.84. The van der Waals surface area contributed by atoms with Crippen molar-refractivity contribution in [3.8, 4) is 0 Å². The van der Waals surface area contributed by atoms with E-state index < -0.39 is 0 Å². The highest BCUT2D eigenvalue weighted by Crippen LogP contribution is 2.36. The van der Waals surface area contributed by atoms with Crippen molar-refractivity contribution < 1.29 is 9.18 Å². The second-order valence-corrected chi connectivity index (χ2v) is 7.29. The molecule has 1 aromatic heterocycles. The number of aromatic nitrogens is 1. The lowest BCUT2D eigenvalue weighted by atomic mass is 10.0. The third-order valence-electron chi connectivity index (χ3n) is 4.50. The van der Waals surface area contributed by atoms with E-state index in [2.05, 4.69) is 15.4 Å². The summed E-state index contributed by atoms with van der Waals surface area (Å²) < 4.78 is 13.4. The summed E-state index contributed by atoms with van der Waals surface area (Å²) in [5.41, 5.74) is 2.50. The highest BCUT2D eigenvalue weighted by molar-refractivity contribution is 6.43. The molecule has 0 saturated heterocycles. The zero-order valence-electron chi connectivity index (χ0n) is 15.0. The highest BCUT2D eigenvalue weighted by atomic mass is 35.5. The molecule has 1 atom stereocenters. The van der Waals surface area contributed by atoms with E-state index in [4.69, 9.17) is 23.2 Å². The molecule has 1 N–H and O–H groups in total. The van der Waals surface area contributed by atoms with E-state index in [-0.39, 0.29) is 17.8 Å². The maximum atomic E-state index is 13.4. The third-order valence-corrected chi connectivity index (χ3v) is 4.98. The lowest BCUT2D eigenvalue weighted by Crippen LogP contribution is -2.22. The predicted molar refractivity (Wildman–Crippen MR) is 113 cm³/mol. The Labute approximate surface area is 176 Å². The zero-order valence-corrected chi connectivity index (χ0v) is 16.5. The number of hydrogen-bond donors (Lipinski definition) is 1. The predicted octanol–water partition coefficient (Wildman–Crippen LogP) is 5.47. The van der Waals surface area contributed by atoms with Gasteiger partial charge in [0.2, 0.25) is 0 Å². The fourth-order valence-corrected chi connectivity index (χ4v) is 3.31. The average molecular weight is 429 g/mol. The van der Waals surface area contributed by atoms with E-state index in [0.29, 0.717) is 28.0 Å². The van der Waals surface area contributed by atoms with Crippen LogP contribution in [0.2, 0.25) is 10.2 Å². The molecule has 1 aliphatic heterocycles. The van der Waals surface area contributed by atoms with Gasteiger partial charge in [-0.3, -0.25) is 9.80 Å². The smallest absolute Gasteiger partial charge is 0.272 e. The molecule has 1 aliphatic rings. The number of anilines is 2. The molecule has 0 radical (unpaired) electrons. The number of halogens is 3. The maximum absolute atomic E-state index is 13.4. The summed E-state index contributed by atoms with van der Waals surface area (Å²) in [6.45, 7) is 0. The van der Waals surface area contributed by atoms with E-state index in [9.17, 15) is 9.18 Å². The summed E-state index contributed by atoms with van der Waals surface area (Å²) in [5, 5.41) is 10.00. The van der Waals surface area contributed by atoms with Crippen molar-refractivity contribution in [3.05, 3.63) is 88.4 Å². The van der Waals surface area contributed by atoms with Crippen molar-refractivity contribution in [2.75, 3.05) is 10.3 Å². The van der Waals surface area contributed by atoms with Crippen molar-refractivity contribution in [2.24, 2.45) is 5.10 Å². The number of benzene rings is 2. The quantitative estimate of drug-likeness (QED) is 0.560. The average Bonchev–Trinajstić information content (AvgIpc) is 3.16. The van der Waals surface area contributed by atoms with Crippen LogP contribution >= 0.6 is 23.2 Å². The molecule has 29 heavy (non-hydrogen) atoms. The lowest BCUT2D eigenvalue weighted by molar-refractivity contribution is -0.110. The van der Waals surface area contributed by atoms with E-state index >= 15 is 0 Å². The van der Waals surface area contributed by atoms with Crippen molar-refractivity contribution in [2.45, 2.75) is 12.5 Å². The molecular weight excluding hydrogens is 414 g/mol. The van der Waals surface area contributed by atoms with Gasteiger partial charge in [0, 0.05) is 11.4 Å². The molecule has 5 nitrogen and oxygen atoms in total. The SMILES string of the molecule is O=C(Nc1ccc(Cl)nc1)C1=NN(c2ccc(Cl)cc2)C(c2ccc(F)cc2)C1. The van der Waals surface area contributed by atoms with Crippen LogP contribution in [0.25, 0.3) is 0 Å². The van der Waals surface area contributed by atoms with E-state index in [1.165, 1.54) is 18.3 Å². The molecule has 1 unspecified atom stereocenters. The van der Waals surface area contributed by atoms with Crippen molar-refractivity contribution in [3.63, 3.8) is 0 Å². The molecular formula is C21H15Cl2FN4O. The molecule has 8 heteroatoms. The zero-order chi connectivity index (χ0) is 20.4. The van der Waals surface area contributed by atoms with Gasteiger partial charge < -0.3 is 5.32 Å². The molecule has 0 bridgehead atoms.